The predicted molar refractivity (Wildman–Crippen MR) is 67.4 cm³/mol. The van der Waals surface area contributed by atoms with E-state index in [4.69, 9.17) is 0 Å². The Morgan fingerprint density at radius 3 is 2.76 bits per heavy atom. The lowest BCUT2D eigenvalue weighted by atomic mass is 10.3. The van der Waals surface area contributed by atoms with Gasteiger partial charge in [-0.1, -0.05) is 18.2 Å². The van der Waals surface area contributed by atoms with Gasteiger partial charge in [-0.15, -0.1) is 11.3 Å². The van der Waals surface area contributed by atoms with Gasteiger partial charge in [0.1, 0.15) is 11.2 Å². The van der Waals surface area contributed by atoms with Crippen LogP contribution < -0.4 is 4.43 Å². The smallest absolute Gasteiger partial charge is 0.286 e. The lowest BCUT2D eigenvalue weighted by Crippen LogP contribution is -2.18. The minimum absolute atomic E-state index is 0.378. The highest BCUT2D eigenvalue weighted by Crippen LogP contribution is 2.25. The minimum Gasteiger partial charge on any atom is -0.805 e. The van der Waals surface area contributed by atoms with Gasteiger partial charge in [0.05, 0.1) is 9.30 Å². The van der Waals surface area contributed by atoms with Crippen LogP contribution in [-0.4, -0.2) is 4.73 Å². The highest BCUT2D eigenvalue weighted by Gasteiger charge is 2.12. The summed E-state index contributed by atoms with van der Waals surface area (Å²) in [7, 11) is 0. The van der Waals surface area contributed by atoms with Crippen LogP contribution in [0.1, 0.15) is 0 Å². The molecular weight excluding hydrogens is 236 g/mol. The molecule has 0 radical (unpaired) electrons. The van der Waals surface area contributed by atoms with E-state index in [9.17, 15) is 10.1 Å². The third-order valence-corrected chi connectivity index (χ3v) is 3.46. The zero-order valence-electron chi connectivity index (χ0n) is 8.74. The third-order valence-electron chi connectivity index (χ3n) is 2.57. The number of fused-ring (bicyclic) bond motifs is 1. The Kier molecular flexibility index (Phi) is 2.19. The summed E-state index contributed by atoms with van der Waals surface area (Å²) in [5.41, 5.74) is 1.14. The first-order valence-corrected chi connectivity index (χ1v) is 5.94. The van der Waals surface area contributed by atoms with Gasteiger partial charge >= 0.3 is 0 Å². The molecule has 17 heavy (non-hydrogen) atoms. The number of benzene rings is 1. The van der Waals surface area contributed by atoms with E-state index < -0.39 is 0 Å². The van der Waals surface area contributed by atoms with E-state index in [-0.39, 0.29) is 0 Å². The van der Waals surface area contributed by atoms with Gasteiger partial charge in [-0.2, -0.15) is 0 Å². The van der Waals surface area contributed by atoms with Gasteiger partial charge in [0.15, 0.2) is 0 Å². The Balaban J connectivity index is 2.43. The van der Waals surface area contributed by atoms with Gasteiger partial charge in [-0.25, -0.2) is 0 Å². The number of rotatable bonds is 1. The first kappa shape index (κ1) is 10.0. The standard InChI is InChI=1S/C12H8N2O2S/c15-13-8-11(12-6-3-7-17-12)14(16)10-5-2-1-4-9(10)13/h1-8H. The molecule has 0 spiro atoms. The molecule has 1 aromatic carbocycles. The maximum atomic E-state index is 12.2. The van der Waals surface area contributed by atoms with Crippen molar-refractivity contribution in [3.05, 3.63) is 58.1 Å². The fourth-order valence-corrected chi connectivity index (χ4v) is 2.49. The maximum absolute atomic E-state index is 12.2. The summed E-state index contributed by atoms with van der Waals surface area (Å²) in [6.45, 7) is 0. The summed E-state index contributed by atoms with van der Waals surface area (Å²) in [6.07, 6.45) is 1.32. The highest BCUT2D eigenvalue weighted by atomic mass is 32.1. The van der Waals surface area contributed by atoms with Crippen molar-refractivity contribution in [3.8, 4) is 10.6 Å². The number of para-hydroxylation sites is 2. The van der Waals surface area contributed by atoms with E-state index in [2.05, 4.69) is 0 Å². The van der Waals surface area contributed by atoms with Gasteiger partial charge in [0.25, 0.3) is 11.7 Å². The molecule has 3 rings (SSSR count). The summed E-state index contributed by atoms with van der Waals surface area (Å²) in [4.78, 5) is 12.6. The topological polar surface area (TPSA) is 51.0 Å². The van der Waals surface area contributed by atoms with Crippen LogP contribution in [0.15, 0.2) is 48.0 Å². The fraction of sp³-hybridized carbons (Fsp3) is 0. The minimum atomic E-state index is 0.378. The van der Waals surface area contributed by atoms with Gasteiger partial charge in [0, 0.05) is 11.0 Å². The average molecular weight is 244 g/mol. The number of nitrogens with zero attached hydrogens (tertiary/aromatic N) is 2. The molecule has 84 valence electrons. The Labute approximate surface area is 101 Å². The van der Waals surface area contributed by atoms with Gasteiger partial charge < -0.3 is 9.94 Å². The van der Waals surface area contributed by atoms with E-state index in [1.165, 1.54) is 17.5 Å². The summed E-state index contributed by atoms with van der Waals surface area (Å²) in [6, 6.07) is 10.4. The molecule has 0 aliphatic heterocycles. The second-order valence-electron chi connectivity index (χ2n) is 3.60. The molecule has 0 saturated heterocycles. The second kappa shape index (κ2) is 3.71. The molecule has 0 aliphatic carbocycles. The van der Waals surface area contributed by atoms with Crippen LogP contribution in [0.25, 0.3) is 21.6 Å². The molecule has 0 aliphatic rings. The Morgan fingerprint density at radius 2 is 2.00 bits per heavy atom. The summed E-state index contributed by atoms with van der Waals surface area (Å²) in [5, 5.41) is 14.0. The van der Waals surface area contributed by atoms with Crippen molar-refractivity contribution in [2.75, 3.05) is 0 Å². The molecule has 5 heteroatoms. The van der Waals surface area contributed by atoms with E-state index >= 15 is 0 Å². The first-order valence-electron chi connectivity index (χ1n) is 5.06. The fourth-order valence-electron chi connectivity index (χ4n) is 1.77. The van der Waals surface area contributed by atoms with E-state index in [0.717, 1.165) is 14.0 Å². The first-order chi connectivity index (χ1) is 8.27. The van der Waals surface area contributed by atoms with Crippen molar-refractivity contribution >= 4 is 22.4 Å². The zero-order valence-corrected chi connectivity index (χ0v) is 9.55. The van der Waals surface area contributed by atoms with Crippen LogP contribution in [0.4, 0.5) is 0 Å². The largest absolute Gasteiger partial charge is 0.805 e. The van der Waals surface area contributed by atoms with Gasteiger partial charge in [-0.05, 0) is 17.5 Å². The molecule has 0 N–H and O–H groups in total. The molecule has 0 saturated carbocycles. The molecule has 2 aromatic heterocycles. The Hall–Kier alpha value is -2.14. The molecule has 0 unspecified atom stereocenters. The Morgan fingerprint density at radius 1 is 1.18 bits per heavy atom. The van der Waals surface area contributed by atoms with Crippen molar-refractivity contribution in [2.24, 2.45) is 0 Å². The molecule has 0 fully saturated rings. The highest BCUT2D eigenvalue weighted by molar-refractivity contribution is 7.13. The second-order valence-corrected chi connectivity index (χ2v) is 4.55. The SMILES string of the molecule is O=[n+]1cc(-c2cccs2)n([O-])c2ccccc21. The summed E-state index contributed by atoms with van der Waals surface area (Å²) < 4.78 is 1.54. The van der Waals surface area contributed by atoms with Crippen molar-refractivity contribution in [1.82, 2.24) is 4.73 Å². The van der Waals surface area contributed by atoms with Crippen LogP contribution in [0.5, 0.6) is 0 Å². The van der Waals surface area contributed by atoms with Gasteiger partial charge in [0.2, 0.25) is 0 Å². The predicted octanol–water partition coefficient (Wildman–Crippen LogP) is 2.63. The normalized spacial score (nSPS) is 10.8. The number of hydrogen-bond acceptors (Lipinski definition) is 3. The monoisotopic (exact) mass is 244 g/mol. The van der Waals surface area contributed by atoms with Gasteiger partial charge in [-0.3, -0.25) is 0 Å². The van der Waals surface area contributed by atoms with Crippen molar-refractivity contribution in [3.63, 3.8) is 0 Å². The Bertz CT molecular complexity index is 732. The molecule has 2 heterocycles. The number of hydrogen-bond donors (Lipinski definition) is 0. The average Bonchev–Trinajstić information content (AvgIpc) is 2.87. The van der Waals surface area contributed by atoms with Crippen LogP contribution in [0.3, 0.4) is 0 Å². The molecule has 0 atom stereocenters. The third kappa shape index (κ3) is 1.52. The quantitative estimate of drug-likeness (QED) is 0.618. The molecular formula is C12H8N2O2S. The lowest BCUT2D eigenvalue weighted by Gasteiger charge is -2.15. The van der Waals surface area contributed by atoms with E-state index in [1.807, 2.05) is 17.5 Å². The van der Waals surface area contributed by atoms with Crippen LogP contribution in [-0.2, 0) is 0 Å². The lowest BCUT2D eigenvalue weighted by molar-refractivity contribution is -0.463. The maximum Gasteiger partial charge on any atom is 0.286 e. The number of aromatic nitrogens is 2. The molecule has 0 amide bonds. The van der Waals surface area contributed by atoms with Crippen molar-refractivity contribution in [1.29, 1.82) is 0 Å². The molecule has 0 bridgehead atoms. The summed E-state index contributed by atoms with van der Waals surface area (Å²) in [5.74, 6) is 0. The van der Waals surface area contributed by atoms with Crippen LogP contribution in [0.2, 0.25) is 0 Å². The zero-order chi connectivity index (χ0) is 11.8. The summed E-state index contributed by atoms with van der Waals surface area (Å²) >= 11 is 1.43. The molecule has 3 aromatic rings. The van der Waals surface area contributed by atoms with Crippen molar-refractivity contribution < 1.29 is 4.43 Å². The number of thiophene rings is 1. The van der Waals surface area contributed by atoms with Crippen LogP contribution in [0, 0.1) is 10.1 Å². The van der Waals surface area contributed by atoms with Crippen LogP contribution >= 0.6 is 11.3 Å². The van der Waals surface area contributed by atoms with E-state index in [0.29, 0.717) is 16.7 Å². The van der Waals surface area contributed by atoms with E-state index in [1.54, 1.807) is 24.3 Å². The molecule has 4 nitrogen and oxygen atoms in total. The van der Waals surface area contributed by atoms with Crippen molar-refractivity contribution in [2.45, 2.75) is 0 Å².